The molecule has 31 heavy (non-hydrogen) atoms. The van der Waals surface area contributed by atoms with Crippen molar-refractivity contribution in [1.82, 2.24) is 15.5 Å². The Morgan fingerprint density at radius 1 is 1.26 bits per heavy atom. The molecule has 0 aromatic heterocycles. The van der Waals surface area contributed by atoms with Gasteiger partial charge in [-0.25, -0.2) is 9.18 Å². The fraction of sp³-hybridized carbons (Fsp3) is 0.348. The zero-order chi connectivity index (χ0) is 22.3. The van der Waals surface area contributed by atoms with Crippen molar-refractivity contribution in [2.75, 3.05) is 6.54 Å². The average Bonchev–Trinajstić information content (AvgIpc) is 3.52. The molecule has 0 unspecified atom stereocenters. The highest BCUT2D eigenvalue weighted by Gasteiger charge is 2.50. The number of nitrogens with zero attached hydrogens (tertiary/aromatic N) is 1. The highest BCUT2D eigenvalue weighted by Crippen LogP contribution is 2.41. The van der Waals surface area contributed by atoms with Crippen molar-refractivity contribution in [3.63, 3.8) is 0 Å². The van der Waals surface area contributed by atoms with E-state index in [9.17, 15) is 18.8 Å². The molecule has 6 nitrogen and oxygen atoms in total. The molecule has 2 fully saturated rings. The average molecular weight is 488 g/mol. The molecule has 1 heterocycles. The first-order chi connectivity index (χ1) is 14.7. The standard InChI is InChI=1S/C23H23BrFN3O3/c1-13-3-5-14(6-4-13)20(15-7-8-15)26-19(29)12-28-21(30)23(2,27-22(28)31)17-10-9-16(25)11-18(17)24/h3-6,9-11,15,20H,7-8,12H2,1-2H3,(H,26,29)(H,27,31)/t20-,23+/m1/s1. The van der Waals surface area contributed by atoms with Gasteiger partial charge in [-0.15, -0.1) is 0 Å². The molecule has 1 saturated carbocycles. The Morgan fingerprint density at radius 2 is 1.94 bits per heavy atom. The van der Waals surface area contributed by atoms with E-state index in [0.717, 1.165) is 28.9 Å². The molecule has 162 valence electrons. The lowest BCUT2D eigenvalue weighted by atomic mass is 9.92. The third-order valence-electron chi connectivity index (χ3n) is 5.89. The van der Waals surface area contributed by atoms with Gasteiger partial charge in [0.15, 0.2) is 0 Å². The van der Waals surface area contributed by atoms with Crippen molar-refractivity contribution >= 4 is 33.8 Å². The lowest BCUT2D eigenvalue weighted by Gasteiger charge is -2.24. The van der Waals surface area contributed by atoms with Crippen LogP contribution in [0.1, 0.15) is 42.5 Å². The van der Waals surface area contributed by atoms with Gasteiger partial charge >= 0.3 is 6.03 Å². The molecule has 2 aromatic carbocycles. The topological polar surface area (TPSA) is 78.5 Å². The molecule has 1 aliphatic heterocycles. The maximum Gasteiger partial charge on any atom is 0.325 e. The van der Waals surface area contributed by atoms with E-state index in [1.807, 2.05) is 31.2 Å². The normalized spacial score (nSPS) is 21.7. The van der Waals surface area contributed by atoms with Crippen molar-refractivity contribution in [3.05, 3.63) is 69.4 Å². The number of hydrogen-bond donors (Lipinski definition) is 2. The van der Waals surface area contributed by atoms with Crippen LogP contribution < -0.4 is 10.6 Å². The van der Waals surface area contributed by atoms with Crippen molar-refractivity contribution in [3.8, 4) is 0 Å². The van der Waals surface area contributed by atoms with Crippen molar-refractivity contribution in [1.29, 1.82) is 0 Å². The van der Waals surface area contributed by atoms with Crippen LogP contribution in [0.2, 0.25) is 0 Å². The van der Waals surface area contributed by atoms with E-state index in [-0.39, 0.29) is 12.6 Å². The lowest BCUT2D eigenvalue weighted by Crippen LogP contribution is -2.44. The van der Waals surface area contributed by atoms with Crippen molar-refractivity contribution < 1.29 is 18.8 Å². The molecule has 0 bridgehead atoms. The van der Waals surface area contributed by atoms with Crippen LogP contribution in [0, 0.1) is 18.7 Å². The van der Waals surface area contributed by atoms with Gasteiger partial charge in [-0.2, -0.15) is 0 Å². The van der Waals surface area contributed by atoms with E-state index >= 15 is 0 Å². The quantitative estimate of drug-likeness (QED) is 0.605. The van der Waals surface area contributed by atoms with Crippen LogP contribution in [0.4, 0.5) is 9.18 Å². The summed E-state index contributed by atoms with van der Waals surface area (Å²) in [5, 5.41) is 5.64. The summed E-state index contributed by atoms with van der Waals surface area (Å²) in [5.74, 6) is -1.06. The minimum absolute atomic E-state index is 0.147. The molecule has 2 aliphatic rings. The highest BCUT2D eigenvalue weighted by molar-refractivity contribution is 9.10. The summed E-state index contributed by atoms with van der Waals surface area (Å²) in [5.41, 5.74) is 1.18. The second-order valence-electron chi connectivity index (χ2n) is 8.36. The zero-order valence-corrected chi connectivity index (χ0v) is 18.8. The van der Waals surface area contributed by atoms with Crippen LogP contribution in [-0.4, -0.2) is 29.3 Å². The predicted octanol–water partition coefficient (Wildman–Crippen LogP) is 3.93. The zero-order valence-electron chi connectivity index (χ0n) is 17.2. The Bertz CT molecular complexity index is 1050. The van der Waals surface area contributed by atoms with E-state index < -0.39 is 29.2 Å². The number of imide groups is 1. The fourth-order valence-electron chi connectivity index (χ4n) is 3.96. The Labute approximate surface area is 188 Å². The van der Waals surface area contributed by atoms with Gasteiger partial charge in [-0.05, 0) is 50.3 Å². The minimum Gasteiger partial charge on any atom is -0.347 e. The maximum absolute atomic E-state index is 13.5. The molecule has 4 rings (SSSR count). The molecule has 2 aromatic rings. The number of halogens is 2. The summed E-state index contributed by atoms with van der Waals surface area (Å²) in [6.07, 6.45) is 2.05. The first-order valence-electron chi connectivity index (χ1n) is 10.1. The number of aryl methyl sites for hydroxylation is 1. The van der Waals surface area contributed by atoms with E-state index in [1.165, 1.54) is 18.2 Å². The van der Waals surface area contributed by atoms with Crippen LogP contribution in [0.15, 0.2) is 46.9 Å². The first-order valence-corrected chi connectivity index (χ1v) is 10.9. The van der Waals surface area contributed by atoms with Gasteiger partial charge in [0.1, 0.15) is 17.9 Å². The Kier molecular flexibility index (Phi) is 5.60. The van der Waals surface area contributed by atoms with Gasteiger partial charge in [0.2, 0.25) is 5.91 Å². The molecule has 8 heteroatoms. The van der Waals surface area contributed by atoms with Crippen LogP contribution in [0.5, 0.6) is 0 Å². The maximum atomic E-state index is 13.5. The Balaban J connectivity index is 1.49. The summed E-state index contributed by atoms with van der Waals surface area (Å²) in [6, 6.07) is 11.1. The van der Waals surface area contributed by atoms with E-state index in [1.54, 1.807) is 6.92 Å². The second kappa shape index (κ2) is 8.07. The number of rotatable bonds is 6. The monoisotopic (exact) mass is 487 g/mol. The molecule has 1 saturated heterocycles. The van der Waals surface area contributed by atoms with E-state index in [2.05, 4.69) is 26.6 Å². The first kappa shape index (κ1) is 21.5. The fourth-order valence-corrected chi connectivity index (χ4v) is 4.70. The highest BCUT2D eigenvalue weighted by atomic mass is 79.9. The predicted molar refractivity (Wildman–Crippen MR) is 116 cm³/mol. The number of carbonyl (C=O) groups is 3. The van der Waals surface area contributed by atoms with Gasteiger partial charge in [-0.1, -0.05) is 51.8 Å². The molecule has 1 aliphatic carbocycles. The Morgan fingerprint density at radius 3 is 2.55 bits per heavy atom. The van der Waals surface area contributed by atoms with Crippen LogP contribution in [-0.2, 0) is 15.1 Å². The second-order valence-corrected chi connectivity index (χ2v) is 9.22. The molecule has 4 amide bonds. The van der Waals surface area contributed by atoms with Gasteiger partial charge in [-0.3, -0.25) is 14.5 Å². The van der Waals surface area contributed by atoms with Gasteiger partial charge in [0.05, 0.1) is 6.04 Å². The van der Waals surface area contributed by atoms with Gasteiger partial charge < -0.3 is 10.6 Å². The summed E-state index contributed by atoms with van der Waals surface area (Å²) >= 11 is 3.26. The third-order valence-corrected chi connectivity index (χ3v) is 6.55. The molecule has 2 atom stereocenters. The summed E-state index contributed by atoms with van der Waals surface area (Å²) in [4.78, 5) is 39.3. The summed E-state index contributed by atoms with van der Waals surface area (Å²) < 4.78 is 13.8. The summed E-state index contributed by atoms with van der Waals surface area (Å²) in [7, 11) is 0. The molecule has 2 N–H and O–H groups in total. The molecular weight excluding hydrogens is 465 g/mol. The SMILES string of the molecule is Cc1ccc([C@@H](NC(=O)CN2C(=O)N[C@@](C)(c3ccc(F)cc3Br)C2=O)C2CC2)cc1. The molecular formula is C23H23BrFN3O3. The number of amides is 4. The number of urea groups is 1. The van der Waals surface area contributed by atoms with Gasteiger partial charge in [0, 0.05) is 10.0 Å². The van der Waals surface area contributed by atoms with Crippen LogP contribution in [0.3, 0.4) is 0 Å². The number of benzene rings is 2. The number of carbonyl (C=O) groups excluding carboxylic acids is 3. The van der Waals surface area contributed by atoms with Crippen molar-refractivity contribution in [2.45, 2.75) is 38.3 Å². The van der Waals surface area contributed by atoms with E-state index in [0.29, 0.717) is 16.0 Å². The van der Waals surface area contributed by atoms with Gasteiger partial charge in [0.25, 0.3) is 5.91 Å². The minimum atomic E-state index is -1.39. The van der Waals surface area contributed by atoms with Crippen LogP contribution in [0.25, 0.3) is 0 Å². The largest absolute Gasteiger partial charge is 0.347 e. The van der Waals surface area contributed by atoms with Crippen molar-refractivity contribution in [2.24, 2.45) is 5.92 Å². The smallest absolute Gasteiger partial charge is 0.325 e. The Hall–Kier alpha value is -2.74. The number of nitrogens with one attached hydrogen (secondary N) is 2. The third kappa shape index (κ3) is 4.21. The summed E-state index contributed by atoms with van der Waals surface area (Å²) in [6.45, 7) is 3.17. The number of hydrogen-bond acceptors (Lipinski definition) is 3. The van der Waals surface area contributed by atoms with E-state index in [4.69, 9.17) is 0 Å². The molecule has 0 spiro atoms. The molecule has 0 radical (unpaired) electrons. The van der Waals surface area contributed by atoms with Crippen LogP contribution >= 0.6 is 15.9 Å². The lowest BCUT2D eigenvalue weighted by molar-refractivity contribution is -0.135.